The van der Waals surface area contributed by atoms with E-state index in [9.17, 15) is 10.4 Å². The van der Waals surface area contributed by atoms with E-state index in [-0.39, 0.29) is 20.8 Å². The molecule has 2 rings (SSSR count). The average molecular weight is 322 g/mol. The van der Waals surface area contributed by atoms with Gasteiger partial charge < -0.3 is 10.4 Å². The lowest BCUT2D eigenvalue weighted by molar-refractivity contribution is -0.863. The zero-order valence-electron chi connectivity index (χ0n) is 6.52. The summed E-state index contributed by atoms with van der Waals surface area (Å²) in [6.45, 7) is 0. The number of fused-ring (bicyclic) bond motifs is 1. The van der Waals surface area contributed by atoms with Crippen molar-refractivity contribution in [2.75, 3.05) is 0 Å². The summed E-state index contributed by atoms with van der Waals surface area (Å²) < 4.78 is 1.26. The van der Waals surface area contributed by atoms with Crippen molar-refractivity contribution in [3.05, 3.63) is 31.5 Å². The van der Waals surface area contributed by atoms with Crippen LogP contribution in [0, 0.1) is 10.4 Å². The summed E-state index contributed by atoms with van der Waals surface area (Å²) in [7, 11) is 0. The highest BCUT2D eigenvalue weighted by atomic mass is 79.9. The maximum atomic E-state index is 11.2. The molecule has 0 unspecified atom stereocenters. The standard InChI is InChI=1S/C6H2Br2N4O2/c7-3-1-4(8)6-5(2-3)11(13)10-12(14)9-6/h1-2H. The number of rotatable bonds is 0. The summed E-state index contributed by atoms with van der Waals surface area (Å²) in [5.41, 5.74) is 0.492. The van der Waals surface area contributed by atoms with Gasteiger partial charge in [0.2, 0.25) is 5.52 Å². The normalized spacial score (nSPS) is 10.7. The minimum Gasteiger partial charge on any atom is -0.590 e. The van der Waals surface area contributed by atoms with Gasteiger partial charge in [-0.25, -0.2) is 0 Å². The van der Waals surface area contributed by atoms with Gasteiger partial charge >= 0.3 is 5.21 Å². The molecule has 0 bridgehead atoms. The molecule has 8 heteroatoms. The van der Waals surface area contributed by atoms with Crippen LogP contribution in [0.15, 0.2) is 21.1 Å². The summed E-state index contributed by atoms with van der Waals surface area (Å²) in [6, 6.07) is 3.22. The van der Waals surface area contributed by atoms with E-state index in [0.29, 0.717) is 8.95 Å². The number of nitrogens with zero attached hydrogens (tertiary/aromatic N) is 4. The third-order valence-electron chi connectivity index (χ3n) is 1.56. The maximum absolute atomic E-state index is 11.2. The van der Waals surface area contributed by atoms with Crippen molar-refractivity contribution in [2.45, 2.75) is 0 Å². The minimum atomic E-state index is -0.0198. The van der Waals surface area contributed by atoms with E-state index in [1.54, 1.807) is 6.07 Å². The van der Waals surface area contributed by atoms with Crippen molar-refractivity contribution >= 4 is 42.9 Å². The Balaban J connectivity index is 2.94. The zero-order chi connectivity index (χ0) is 10.3. The van der Waals surface area contributed by atoms with Gasteiger partial charge in [0, 0.05) is 15.4 Å². The van der Waals surface area contributed by atoms with Gasteiger partial charge in [0.15, 0.2) is 0 Å². The molecule has 0 radical (unpaired) electrons. The molecule has 0 aliphatic carbocycles. The van der Waals surface area contributed by atoms with Gasteiger partial charge in [-0.1, -0.05) is 15.9 Å². The van der Waals surface area contributed by atoms with Gasteiger partial charge in [-0.15, -0.1) is 0 Å². The number of halogens is 2. The Morgan fingerprint density at radius 3 is 2.64 bits per heavy atom. The number of hydrogen-bond donors (Lipinski definition) is 0. The second-order valence-corrected chi connectivity index (χ2v) is 4.24. The average Bonchev–Trinajstić information content (AvgIpc) is 2.07. The van der Waals surface area contributed by atoms with Crippen molar-refractivity contribution < 1.29 is 9.80 Å². The summed E-state index contributed by atoms with van der Waals surface area (Å²) in [4.78, 5) is 0.207. The van der Waals surface area contributed by atoms with E-state index in [2.05, 4.69) is 42.2 Å². The Bertz CT molecular complexity index is 471. The predicted octanol–water partition coefficient (Wildman–Crippen LogP) is 0.422. The third-order valence-corrected chi connectivity index (χ3v) is 2.62. The maximum Gasteiger partial charge on any atom is 0.326 e. The van der Waals surface area contributed by atoms with Crippen LogP contribution in [-0.2, 0) is 0 Å². The highest BCUT2D eigenvalue weighted by molar-refractivity contribution is 9.11. The SMILES string of the molecule is [O-][n+]1nc2c(Br)cc(Br)cc2[n+]([O-])n1. The predicted molar refractivity (Wildman–Crippen MR) is 52.9 cm³/mol. The number of hydrogen-bond acceptors (Lipinski definition) is 4. The second-order valence-electron chi connectivity index (χ2n) is 2.47. The molecule has 0 aliphatic heterocycles. The van der Waals surface area contributed by atoms with Crippen LogP contribution >= 0.6 is 31.9 Å². The minimum absolute atomic E-state index is 0.0198. The van der Waals surface area contributed by atoms with Crippen molar-refractivity contribution in [3.8, 4) is 0 Å². The first-order chi connectivity index (χ1) is 6.58. The molecule has 72 valence electrons. The fourth-order valence-electron chi connectivity index (χ4n) is 1.02. The van der Waals surface area contributed by atoms with Gasteiger partial charge in [-0.2, -0.15) is 0 Å². The van der Waals surface area contributed by atoms with Crippen LogP contribution in [0.2, 0.25) is 0 Å². The third kappa shape index (κ3) is 1.50. The summed E-state index contributed by atoms with van der Waals surface area (Å²) >= 11 is 6.40. The lowest BCUT2D eigenvalue weighted by Crippen LogP contribution is -2.50. The van der Waals surface area contributed by atoms with Gasteiger partial charge in [0.1, 0.15) is 4.96 Å². The molecule has 0 saturated heterocycles. The van der Waals surface area contributed by atoms with Crippen LogP contribution in [0.1, 0.15) is 0 Å². The molecule has 0 aliphatic rings. The van der Waals surface area contributed by atoms with Crippen LogP contribution in [0.25, 0.3) is 11.0 Å². The van der Waals surface area contributed by atoms with Crippen molar-refractivity contribution in [1.29, 1.82) is 0 Å². The van der Waals surface area contributed by atoms with Crippen LogP contribution < -0.4 is 9.80 Å². The molecule has 0 amide bonds. The number of benzene rings is 1. The van der Waals surface area contributed by atoms with Crippen LogP contribution in [0.4, 0.5) is 0 Å². The van der Waals surface area contributed by atoms with E-state index >= 15 is 0 Å². The smallest absolute Gasteiger partial charge is 0.326 e. The molecule has 1 aromatic carbocycles. The highest BCUT2D eigenvalue weighted by Crippen LogP contribution is 2.23. The Kier molecular flexibility index (Phi) is 2.23. The first-order valence-corrected chi connectivity index (χ1v) is 5.03. The molecule has 2 aromatic rings. The van der Waals surface area contributed by atoms with Gasteiger partial charge in [-0.3, -0.25) is 0 Å². The van der Waals surface area contributed by atoms with E-state index in [1.807, 2.05) is 0 Å². The van der Waals surface area contributed by atoms with Crippen LogP contribution in [-0.4, -0.2) is 10.3 Å². The quantitative estimate of drug-likeness (QED) is 0.520. The van der Waals surface area contributed by atoms with E-state index < -0.39 is 0 Å². The van der Waals surface area contributed by atoms with Crippen LogP contribution in [0.3, 0.4) is 0 Å². The molecule has 0 fully saturated rings. The number of aromatic nitrogens is 4. The molecule has 14 heavy (non-hydrogen) atoms. The first-order valence-electron chi connectivity index (χ1n) is 3.45. The lowest BCUT2D eigenvalue weighted by Gasteiger charge is -1.98. The van der Waals surface area contributed by atoms with Gasteiger partial charge in [0.05, 0.1) is 9.57 Å². The Morgan fingerprint density at radius 2 is 1.93 bits per heavy atom. The molecular formula is C6H2Br2N4O2. The first kappa shape index (κ1) is 9.53. The van der Waals surface area contributed by atoms with Crippen molar-refractivity contribution in [3.63, 3.8) is 0 Å². The van der Waals surface area contributed by atoms with Crippen molar-refractivity contribution in [2.24, 2.45) is 0 Å². The monoisotopic (exact) mass is 320 g/mol. The van der Waals surface area contributed by atoms with Crippen molar-refractivity contribution in [1.82, 2.24) is 10.3 Å². The van der Waals surface area contributed by atoms with E-state index in [1.165, 1.54) is 6.07 Å². The fourth-order valence-corrected chi connectivity index (χ4v) is 2.30. The molecule has 1 aromatic heterocycles. The molecule has 0 spiro atoms. The van der Waals surface area contributed by atoms with Gasteiger partial charge in [0.25, 0.3) is 5.52 Å². The van der Waals surface area contributed by atoms with Crippen LogP contribution in [0.5, 0.6) is 0 Å². The zero-order valence-corrected chi connectivity index (χ0v) is 9.69. The Labute approximate surface area is 94.5 Å². The van der Waals surface area contributed by atoms with E-state index in [4.69, 9.17) is 0 Å². The second kappa shape index (κ2) is 3.28. The molecule has 0 atom stereocenters. The molecule has 0 saturated carbocycles. The Hall–Kier alpha value is -1.02. The highest BCUT2D eigenvalue weighted by Gasteiger charge is 2.16. The topological polar surface area (TPSA) is 79.7 Å². The largest absolute Gasteiger partial charge is 0.590 e. The van der Waals surface area contributed by atoms with Gasteiger partial charge in [-0.05, 0) is 22.0 Å². The molecule has 1 heterocycles. The van der Waals surface area contributed by atoms with E-state index in [0.717, 1.165) is 0 Å². The molecule has 0 N–H and O–H groups in total. The molecular weight excluding hydrogens is 320 g/mol. The fraction of sp³-hybridized carbons (Fsp3) is 0. The summed E-state index contributed by atoms with van der Waals surface area (Å²) in [5.74, 6) is 0. The Morgan fingerprint density at radius 1 is 1.21 bits per heavy atom. The summed E-state index contributed by atoms with van der Waals surface area (Å²) in [6.07, 6.45) is 0. The molecule has 6 nitrogen and oxygen atoms in total. The summed E-state index contributed by atoms with van der Waals surface area (Å²) in [5, 5.41) is 28.6. The lowest BCUT2D eigenvalue weighted by atomic mass is 10.3.